The van der Waals surface area contributed by atoms with Crippen molar-refractivity contribution in [3.63, 3.8) is 0 Å². The lowest BCUT2D eigenvalue weighted by atomic mass is 9.82. The molecule has 1 heterocycles. The van der Waals surface area contributed by atoms with Gasteiger partial charge in [0.2, 0.25) is 0 Å². The summed E-state index contributed by atoms with van der Waals surface area (Å²) in [6.07, 6.45) is 4.65. The highest BCUT2D eigenvalue weighted by atomic mass is 16.5. The van der Waals surface area contributed by atoms with Gasteiger partial charge < -0.3 is 20.2 Å². The van der Waals surface area contributed by atoms with Crippen LogP contribution in [0.15, 0.2) is 16.5 Å². The van der Waals surface area contributed by atoms with Gasteiger partial charge >= 0.3 is 0 Å². The molecule has 20 heavy (non-hydrogen) atoms. The summed E-state index contributed by atoms with van der Waals surface area (Å²) in [4.78, 5) is 12.0. The van der Waals surface area contributed by atoms with E-state index in [1.54, 1.807) is 19.2 Å². The molecule has 0 aliphatic heterocycles. The minimum Gasteiger partial charge on any atom is -0.453 e. The molecule has 1 aliphatic carbocycles. The molecule has 3 N–H and O–H groups in total. The van der Waals surface area contributed by atoms with Crippen molar-refractivity contribution in [1.82, 2.24) is 5.32 Å². The summed E-state index contributed by atoms with van der Waals surface area (Å²) in [5, 5.41) is 2.95. The molecule has 0 bridgehead atoms. The van der Waals surface area contributed by atoms with E-state index < -0.39 is 0 Å². The second kappa shape index (κ2) is 7.45. The number of carbonyl (C=O) groups excluding carboxylic acids is 1. The van der Waals surface area contributed by atoms with Crippen molar-refractivity contribution in [3.8, 4) is 0 Å². The van der Waals surface area contributed by atoms with Crippen molar-refractivity contribution in [1.29, 1.82) is 0 Å². The summed E-state index contributed by atoms with van der Waals surface area (Å²) >= 11 is 0. The van der Waals surface area contributed by atoms with Crippen LogP contribution in [-0.2, 0) is 11.3 Å². The van der Waals surface area contributed by atoms with Crippen LogP contribution in [0, 0.1) is 11.8 Å². The lowest BCUT2D eigenvalue weighted by Crippen LogP contribution is -2.32. The van der Waals surface area contributed by atoms with Crippen LogP contribution >= 0.6 is 0 Å². The molecule has 0 atom stereocenters. The maximum Gasteiger partial charge on any atom is 0.287 e. The van der Waals surface area contributed by atoms with Crippen LogP contribution < -0.4 is 11.1 Å². The monoisotopic (exact) mass is 280 g/mol. The number of nitrogens with one attached hydrogen (secondary N) is 1. The van der Waals surface area contributed by atoms with Gasteiger partial charge in [0, 0.05) is 13.7 Å². The molecule has 0 saturated heterocycles. The minimum absolute atomic E-state index is 0.145. The Morgan fingerprint density at radius 2 is 2.05 bits per heavy atom. The average Bonchev–Trinajstić information content (AvgIpc) is 2.94. The Kier molecular flexibility index (Phi) is 5.61. The number of amides is 1. The summed E-state index contributed by atoms with van der Waals surface area (Å²) in [7, 11) is 1.60. The maximum absolute atomic E-state index is 12.0. The fourth-order valence-electron chi connectivity index (χ4n) is 2.72. The fraction of sp³-hybridized carbons (Fsp3) is 0.667. The van der Waals surface area contributed by atoms with Crippen molar-refractivity contribution in [3.05, 3.63) is 23.7 Å². The van der Waals surface area contributed by atoms with Gasteiger partial charge in [0.1, 0.15) is 12.4 Å². The molecule has 112 valence electrons. The molecule has 5 heteroatoms. The smallest absolute Gasteiger partial charge is 0.287 e. The zero-order valence-electron chi connectivity index (χ0n) is 12.1. The van der Waals surface area contributed by atoms with Crippen molar-refractivity contribution < 1.29 is 13.9 Å². The van der Waals surface area contributed by atoms with Gasteiger partial charge in [-0.1, -0.05) is 0 Å². The molecule has 1 saturated carbocycles. The van der Waals surface area contributed by atoms with Crippen LogP contribution in [0.2, 0.25) is 0 Å². The van der Waals surface area contributed by atoms with Gasteiger partial charge in [-0.2, -0.15) is 0 Å². The first-order chi connectivity index (χ1) is 9.72. The number of rotatable bonds is 6. The molecule has 1 fully saturated rings. The van der Waals surface area contributed by atoms with E-state index >= 15 is 0 Å². The molecule has 0 radical (unpaired) electrons. The number of hydrogen-bond acceptors (Lipinski definition) is 4. The second-order valence-electron chi connectivity index (χ2n) is 5.53. The Hall–Kier alpha value is -1.33. The Balaban J connectivity index is 1.74. The van der Waals surface area contributed by atoms with E-state index in [0.29, 0.717) is 30.0 Å². The summed E-state index contributed by atoms with van der Waals surface area (Å²) in [6.45, 7) is 1.89. The Bertz CT molecular complexity index is 423. The Labute approximate surface area is 119 Å². The largest absolute Gasteiger partial charge is 0.453 e. The number of ether oxygens (including phenoxy) is 1. The zero-order chi connectivity index (χ0) is 14.4. The minimum atomic E-state index is -0.145. The Morgan fingerprint density at radius 1 is 1.35 bits per heavy atom. The summed E-state index contributed by atoms with van der Waals surface area (Å²) in [6, 6.07) is 3.46. The van der Waals surface area contributed by atoms with Crippen LogP contribution in [0.25, 0.3) is 0 Å². The molecule has 1 aromatic heterocycles. The van der Waals surface area contributed by atoms with Gasteiger partial charge in [-0.25, -0.2) is 0 Å². The first-order valence-electron chi connectivity index (χ1n) is 7.28. The average molecular weight is 280 g/mol. The number of hydrogen-bond donors (Lipinski definition) is 2. The predicted molar refractivity (Wildman–Crippen MR) is 76.3 cm³/mol. The second-order valence-corrected chi connectivity index (χ2v) is 5.53. The lowest BCUT2D eigenvalue weighted by Gasteiger charge is -2.27. The van der Waals surface area contributed by atoms with E-state index in [4.69, 9.17) is 14.9 Å². The first kappa shape index (κ1) is 15.1. The quantitative estimate of drug-likeness (QED) is 0.834. The maximum atomic E-state index is 12.0. The molecular weight excluding hydrogens is 256 g/mol. The van der Waals surface area contributed by atoms with Crippen LogP contribution in [0.3, 0.4) is 0 Å². The molecule has 5 nitrogen and oxygen atoms in total. The van der Waals surface area contributed by atoms with Crippen LogP contribution in [-0.4, -0.2) is 26.1 Å². The summed E-state index contributed by atoms with van der Waals surface area (Å²) < 4.78 is 10.4. The standard InChI is InChI=1S/C15H24N2O3/c1-19-10-13-6-7-14(20-13)15(18)17-9-12-4-2-11(8-16)3-5-12/h6-7,11-12H,2-5,8-10,16H2,1H3,(H,17,18). The van der Waals surface area contributed by atoms with Crippen molar-refractivity contribution in [2.24, 2.45) is 17.6 Å². The highest BCUT2D eigenvalue weighted by molar-refractivity contribution is 5.91. The SMILES string of the molecule is COCc1ccc(C(=O)NCC2CCC(CN)CC2)o1. The van der Waals surface area contributed by atoms with Gasteiger partial charge in [0.15, 0.2) is 5.76 Å². The molecular formula is C15H24N2O3. The topological polar surface area (TPSA) is 77.5 Å². The van der Waals surface area contributed by atoms with Gasteiger partial charge in [0.25, 0.3) is 5.91 Å². The van der Waals surface area contributed by atoms with E-state index in [0.717, 1.165) is 25.9 Å². The molecule has 1 aromatic rings. The van der Waals surface area contributed by atoms with Crippen molar-refractivity contribution in [2.45, 2.75) is 32.3 Å². The van der Waals surface area contributed by atoms with Gasteiger partial charge in [-0.05, 0) is 56.2 Å². The van der Waals surface area contributed by atoms with E-state index in [2.05, 4.69) is 5.32 Å². The third kappa shape index (κ3) is 4.08. The number of nitrogens with two attached hydrogens (primary N) is 1. The van der Waals surface area contributed by atoms with Crippen molar-refractivity contribution >= 4 is 5.91 Å². The number of methoxy groups -OCH3 is 1. The molecule has 1 amide bonds. The van der Waals surface area contributed by atoms with Crippen LogP contribution in [0.1, 0.15) is 42.0 Å². The summed E-state index contributed by atoms with van der Waals surface area (Å²) in [5.74, 6) is 2.11. The normalized spacial score (nSPS) is 22.7. The molecule has 1 aliphatic rings. The van der Waals surface area contributed by atoms with E-state index in [1.807, 2.05) is 0 Å². The molecule has 0 spiro atoms. The van der Waals surface area contributed by atoms with Gasteiger partial charge in [-0.3, -0.25) is 4.79 Å². The number of carbonyl (C=O) groups is 1. The van der Waals surface area contributed by atoms with E-state index in [9.17, 15) is 4.79 Å². The number of furan rings is 1. The fourth-order valence-corrected chi connectivity index (χ4v) is 2.72. The summed E-state index contributed by atoms with van der Waals surface area (Å²) in [5.41, 5.74) is 5.68. The highest BCUT2D eigenvalue weighted by Gasteiger charge is 2.21. The zero-order valence-corrected chi connectivity index (χ0v) is 12.1. The highest BCUT2D eigenvalue weighted by Crippen LogP contribution is 2.27. The van der Waals surface area contributed by atoms with Gasteiger partial charge in [-0.15, -0.1) is 0 Å². The third-order valence-corrected chi connectivity index (χ3v) is 4.02. The lowest BCUT2D eigenvalue weighted by molar-refractivity contribution is 0.0905. The molecule has 2 rings (SSSR count). The van der Waals surface area contributed by atoms with E-state index in [1.165, 1.54) is 12.8 Å². The van der Waals surface area contributed by atoms with Crippen LogP contribution in [0.5, 0.6) is 0 Å². The first-order valence-corrected chi connectivity index (χ1v) is 7.28. The molecule has 0 aromatic carbocycles. The van der Waals surface area contributed by atoms with Crippen LogP contribution in [0.4, 0.5) is 0 Å². The Morgan fingerprint density at radius 3 is 2.70 bits per heavy atom. The molecule has 0 unspecified atom stereocenters. The third-order valence-electron chi connectivity index (χ3n) is 4.02. The predicted octanol–water partition coefficient (Wildman–Crippen LogP) is 1.92. The van der Waals surface area contributed by atoms with E-state index in [-0.39, 0.29) is 5.91 Å². The van der Waals surface area contributed by atoms with Gasteiger partial charge in [0.05, 0.1) is 0 Å². The van der Waals surface area contributed by atoms with Crippen molar-refractivity contribution in [2.75, 3.05) is 20.2 Å².